The molecule has 0 amide bonds. The first-order chi connectivity index (χ1) is 6.27. The molecule has 0 saturated heterocycles. The Bertz CT molecular complexity index is 356. The Morgan fingerprint density at radius 3 is 2.38 bits per heavy atom. The minimum Gasteiger partial charge on any atom is -0.211 e. The second-order valence-corrected chi connectivity index (χ2v) is 3.60. The van der Waals surface area contributed by atoms with Crippen LogP contribution >= 0.6 is 0 Å². The van der Waals surface area contributed by atoms with E-state index in [2.05, 4.69) is 17.1 Å². The van der Waals surface area contributed by atoms with Gasteiger partial charge in [0.15, 0.2) is 0 Å². The lowest BCUT2D eigenvalue weighted by atomic mass is 10.0. The third-order valence-electron chi connectivity index (χ3n) is 2.57. The third kappa shape index (κ3) is 1.41. The number of isocyanates is 1. The summed E-state index contributed by atoms with van der Waals surface area (Å²) in [4.78, 5) is 14.1. The lowest BCUT2D eigenvalue weighted by Crippen LogP contribution is -2.01. The molecule has 0 aromatic heterocycles. The van der Waals surface area contributed by atoms with Crippen LogP contribution in [0.5, 0.6) is 0 Å². The maximum Gasteiger partial charge on any atom is 0.235 e. The molecule has 2 nitrogen and oxygen atoms in total. The number of benzene rings is 1. The minimum atomic E-state index is -0.213. The Kier molecular flexibility index (Phi) is 1.78. The number of nitrogens with zero attached hydrogens (tertiary/aromatic N) is 1. The van der Waals surface area contributed by atoms with Gasteiger partial charge in [0.05, 0.1) is 5.54 Å². The van der Waals surface area contributed by atoms with Gasteiger partial charge in [0.1, 0.15) is 0 Å². The van der Waals surface area contributed by atoms with Crippen molar-refractivity contribution in [1.82, 2.24) is 0 Å². The number of hydrogen-bond donors (Lipinski definition) is 0. The van der Waals surface area contributed by atoms with Gasteiger partial charge in [-0.05, 0) is 25.3 Å². The fourth-order valence-electron chi connectivity index (χ4n) is 1.53. The molecular formula is C11H11NO. The van der Waals surface area contributed by atoms with E-state index in [1.54, 1.807) is 6.08 Å². The molecule has 1 aliphatic rings. The summed E-state index contributed by atoms with van der Waals surface area (Å²) in [6, 6.07) is 8.19. The Balaban J connectivity index is 2.35. The van der Waals surface area contributed by atoms with E-state index in [9.17, 15) is 4.79 Å². The molecule has 0 unspecified atom stereocenters. The summed E-state index contributed by atoms with van der Waals surface area (Å²) < 4.78 is 0. The van der Waals surface area contributed by atoms with Gasteiger partial charge < -0.3 is 0 Å². The number of aryl methyl sites for hydroxylation is 1. The van der Waals surface area contributed by atoms with Crippen molar-refractivity contribution in [2.24, 2.45) is 4.99 Å². The highest BCUT2D eigenvalue weighted by Gasteiger charge is 2.44. The van der Waals surface area contributed by atoms with Gasteiger partial charge >= 0.3 is 0 Å². The van der Waals surface area contributed by atoms with Crippen LogP contribution in [0.2, 0.25) is 0 Å². The molecule has 0 N–H and O–H groups in total. The summed E-state index contributed by atoms with van der Waals surface area (Å²) in [7, 11) is 0. The normalized spacial score (nSPS) is 17.6. The number of hydrogen-bond acceptors (Lipinski definition) is 2. The SMILES string of the molecule is Cc1ccc(C2(N=C=O)CC2)cc1. The lowest BCUT2D eigenvalue weighted by Gasteiger charge is -2.07. The van der Waals surface area contributed by atoms with Crippen LogP contribution in [0.3, 0.4) is 0 Å². The van der Waals surface area contributed by atoms with Crippen molar-refractivity contribution in [3.8, 4) is 0 Å². The highest BCUT2D eigenvalue weighted by molar-refractivity contribution is 5.41. The van der Waals surface area contributed by atoms with Gasteiger partial charge in [-0.1, -0.05) is 29.8 Å². The van der Waals surface area contributed by atoms with Crippen LogP contribution in [0.15, 0.2) is 29.3 Å². The van der Waals surface area contributed by atoms with Crippen LogP contribution < -0.4 is 0 Å². The van der Waals surface area contributed by atoms with Crippen LogP contribution in [-0.2, 0) is 10.3 Å². The van der Waals surface area contributed by atoms with Crippen molar-refractivity contribution in [3.05, 3.63) is 35.4 Å². The summed E-state index contributed by atoms with van der Waals surface area (Å²) in [6.07, 6.45) is 3.61. The van der Waals surface area contributed by atoms with Crippen molar-refractivity contribution in [2.75, 3.05) is 0 Å². The number of rotatable bonds is 2. The van der Waals surface area contributed by atoms with Crippen molar-refractivity contribution in [3.63, 3.8) is 0 Å². The van der Waals surface area contributed by atoms with Gasteiger partial charge in [-0.15, -0.1) is 0 Å². The molecule has 0 atom stereocenters. The van der Waals surface area contributed by atoms with Gasteiger partial charge in [-0.3, -0.25) is 0 Å². The fraction of sp³-hybridized carbons (Fsp3) is 0.364. The van der Waals surface area contributed by atoms with Crippen LogP contribution in [0, 0.1) is 6.92 Å². The first-order valence-corrected chi connectivity index (χ1v) is 4.43. The summed E-state index contributed by atoms with van der Waals surface area (Å²) in [6.45, 7) is 2.05. The molecule has 1 aliphatic carbocycles. The average Bonchev–Trinajstić information content (AvgIpc) is 2.87. The van der Waals surface area contributed by atoms with E-state index in [0.717, 1.165) is 18.4 Å². The van der Waals surface area contributed by atoms with Gasteiger partial charge in [-0.2, -0.15) is 4.99 Å². The zero-order valence-electron chi connectivity index (χ0n) is 7.58. The Morgan fingerprint density at radius 1 is 1.31 bits per heavy atom. The molecule has 66 valence electrons. The van der Waals surface area contributed by atoms with Crippen molar-refractivity contribution in [1.29, 1.82) is 0 Å². The predicted molar refractivity (Wildman–Crippen MR) is 50.2 cm³/mol. The molecule has 0 aliphatic heterocycles. The molecule has 2 rings (SSSR count). The summed E-state index contributed by atoms with van der Waals surface area (Å²) in [5, 5.41) is 0. The van der Waals surface area contributed by atoms with E-state index in [1.807, 2.05) is 19.1 Å². The smallest absolute Gasteiger partial charge is 0.211 e. The molecule has 2 heteroatoms. The molecule has 1 saturated carbocycles. The van der Waals surface area contributed by atoms with Crippen LogP contribution in [-0.4, -0.2) is 6.08 Å². The summed E-state index contributed by atoms with van der Waals surface area (Å²) in [5.41, 5.74) is 2.16. The quantitative estimate of drug-likeness (QED) is 0.498. The van der Waals surface area contributed by atoms with E-state index in [4.69, 9.17) is 0 Å². The maximum atomic E-state index is 10.2. The zero-order valence-corrected chi connectivity index (χ0v) is 7.58. The molecule has 0 spiro atoms. The second-order valence-electron chi connectivity index (χ2n) is 3.60. The zero-order chi connectivity index (χ0) is 9.31. The van der Waals surface area contributed by atoms with Gasteiger partial charge in [0.25, 0.3) is 0 Å². The molecule has 0 radical (unpaired) electrons. The van der Waals surface area contributed by atoms with Crippen LogP contribution in [0.1, 0.15) is 24.0 Å². The van der Waals surface area contributed by atoms with Gasteiger partial charge in [0.2, 0.25) is 6.08 Å². The van der Waals surface area contributed by atoms with E-state index in [1.165, 1.54) is 5.56 Å². The summed E-state index contributed by atoms with van der Waals surface area (Å²) >= 11 is 0. The topological polar surface area (TPSA) is 29.4 Å². The molecule has 13 heavy (non-hydrogen) atoms. The van der Waals surface area contributed by atoms with Crippen molar-refractivity contribution >= 4 is 6.08 Å². The number of carbonyl (C=O) groups excluding carboxylic acids is 1. The van der Waals surface area contributed by atoms with E-state index in [0.29, 0.717) is 0 Å². The molecule has 1 fully saturated rings. The Hall–Kier alpha value is -1.40. The first kappa shape index (κ1) is 8.21. The molecule has 1 aromatic rings. The van der Waals surface area contributed by atoms with E-state index >= 15 is 0 Å². The van der Waals surface area contributed by atoms with Gasteiger partial charge in [0, 0.05) is 0 Å². The van der Waals surface area contributed by atoms with Crippen molar-refractivity contribution in [2.45, 2.75) is 25.3 Å². The maximum absolute atomic E-state index is 10.2. The Morgan fingerprint density at radius 2 is 1.92 bits per heavy atom. The standard InChI is InChI=1S/C11H11NO/c1-9-2-4-10(5-3-9)11(6-7-11)12-8-13/h2-5H,6-7H2,1H3. The summed E-state index contributed by atoms with van der Waals surface area (Å²) in [5.74, 6) is 0. The van der Waals surface area contributed by atoms with Gasteiger partial charge in [-0.25, -0.2) is 4.79 Å². The highest BCUT2D eigenvalue weighted by Crippen LogP contribution is 2.49. The van der Waals surface area contributed by atoms with Crippen molar-refractivity contribution < 1.29 is 4.79 Å². The van der Waals surface area contributed by atoms with Crippen LogP contribution in [0.25, 0.3) is 0 Å². The molecule has 0 bridgehead atoms. The average molecular weight is 173 g/mol. The molecular weight excluding hydrogens is 162 g/mol. The Labute approximate surface area is 77.3 Å². The third-order valence-corrected chi connectivity index (χ3v) is 2.57. The second kappa shape index (κ2) is 2.82. The largest absolute Gasteiger partial charge is 0.235 e. The fourth-order valence-corrected chi connectivity index (χ4v) is 1.53. The minimum absolute atomic E-state index is 0.213. The molecule has 0 heterocycles. The monoisotopic (exact) mass is 173 g/mol. The molecule has 1 aromatic carbocycles. The highest BCUT2D eigenvalue weighted by atomic mass is 16.1. The van der Waals surface area contributed by atoms with E-state index in [-0.39, 0.29) is 5.54 Å². The number of aliphatic imine (C=N–C) groups is 1. The lowest BCUT2D eigenvalue weighted by molar-refractivity contribution is 0.556. The van der Waals surface area contributed by atoms with Crippen LogP contribution in [0.4, 0.5) is 0 Å². The predicted octanol–water partition coefficient (Wildman–Crippen LogP) is 2.32. The first-order valence-electron chi connectivity index (χ1n) is 4.43. The van der Waals surface area contributed by atoms with E-state index < -0.39 is 0 Å².